The summed E-state index contributed by atoms with van der Waals surface area (Å²) in [6, 6.07) is -0.154. The van der Waals surface area contributed by atoms with Gasteiger partial charge in [-0.05, 0) is 24.7 Å². The maximum atomic E-state index is 12.0. The van der Waals surface area contributed by atoms with Gasteiger partial charge >= 0.3 is 0 Å². The van der Waals surface area contributed by atoms with Crippen LogP contribution in [-0.4, -0.2) is 38.3 Å². The highest BCUT2D eigenvalue weighted by Gasteiger charge is 2.33. The van der Waals surface area contributed by atoms with E-state index in [4.69, 9.17) is 4.74 Å². The first-order valence-electron chi connectivity index (χ1n) is 6.85. The second-order valence-electron chi connectivity index (χ2n) is 5.36. The van der Waals surface area contributed by atoms with Crippen molar-refractivity contribution in [3.63, 3.8) is 0 Å². The summed E-state index contributed by atoms with van der Waals surface area (Å²) < 4.78 is 5.30. The standard InChI is InChI=1S/C13H24N2O2/c1-2-13(5-3-4-6-13)10-15-12(16)11-9-17-8-7-14-11/h11,14H,2-10H2,1H3,(H,15,16). The van der Waals surface area contributed by atoms with E-state index in [1.165, 1.54) is 32.1 Å². The molecule has 0 spiro atoms. The van der Waals surface area contributed by atoms with Crippen LogP contribution in [0.2, 0.25) is 0 Å². The summed E-state index contributed by atoms with van der Waals surface area (Å²) in [6.45, 7) is 5.06. The summed E-state index contributed by atoms with van der Waals surface area (Å²) in [5, 5.41) is 6.29. The molecule has 4 heteroatoms. The summed E-state index contributed by atoms with van der Waals surface area (Å²) in [5.74, 6) is 0.101. The lowest BCUT2D eigenvalue weighted by Crippen LogP contribution is -2.52. The molecule has 2 rings (SSSR count). The monoisotopic (exact) mass is 240 g/mol. The van der Waals surface area contributed by atoms with Crippen molar-refractivity contribution in [1.29, 1.82) is 0 Å². The Labute approximate surface area is 103 Å². The van der Waals surface area contributed by atoms with Gasteiger partial charge in [0, 0.05) is 13.1 Å². The lowest BCUT2D eigenvalue weighted by molar-refractivity contribution is -0.126. The van der Waals surface area contributed by atoms with E-state index in [0.29, 0.717) is 18.6 Å². The predicted octanol–water partition coefficient (Wildman–Crippen LogP) is 1.06. The van der Waals surface area contributed by atoms with Crippen LogP contribution in [0.4, 0.5) is 0 Å². The van der Waals surface area contributed by atoms with Crippen molar-refractivity contribution in [3.8, 4) is 0 Å². The molecule has 1 saturated heterocycles. The Balaban J connectivity index is 1.78. The van der Waals surface area contributed by atoms with Gasteiger partial charge in [-0.3, -0.25) is 4.79 Å². The normalized spacial score (nSPS) is 27.9. The molecule has 0 aromatic carbocycles. The Bertz CT molecular complexity index is 256. The molecule has 1 atom stereocenters. The van der Waals surface area contributed by atoms with Crippen LogP contribution in [0, 0.1) is 5.41 Å². The number of carbonyl (C=O) groups excluding carboxylic acids is 1. The molecule has 1 unspecified atom stereocenters. The number of carbonyl (C=O) groups is 1. The molecule has 1 heterocycles. The highest BCUT2D eigenvalue weighted by molar-refractivity contribution is 5.82. The highest BCUT2D eigenvalue weighted by atomic mass is 16.5. The Hall–Kier alpha value is -0.610. The molecule has 1 aliphatic carbocycles. The van der Waals surface area contributed by atoms with Gasteiger partial charge in [-0.25, -0.2) is 0 Å². The molecule has 1 saturated carbocycles. The van der Waals surface area contributed by atoms with Crippen molar-refractivity contribution in [3.05, 3.63) is 0 Å². The van der Waals surface area contributed by atoms with Gasteiger partial charge in [-0.15, -0.1) is 0 Å². The molecule has 1 amide bonds. The number of hydrogen-bond acceptors (Lipinski definition) is 3. The molecule has 0 aromatic heterocycles. The molecule has 17 heavy (non-hydrogen) atoms. The third-order valence-electron chi connectivity index (χ3n) is 4.29. The van der Waals surface area contributed by atoms with Gasteiger partial charge in [-0.2, -0.15) is 0 Å². The van der Waals surface area contributed by atoms with Crippen molar-refractivity contribution in [1.82, 2.24) is 10.6 Å². The first kappa shape index (κ1) is 12.8. The van der Waals surface area contributed by atoms with Crippen LogP contribution in [0.3, 0.4) is 0 Å². The smallest absolute Gasteiger partial charge is 0.239 e. The van der Waals surface area contributed by atoms with E-state index in [2.05, 4.69) is 17.6 Å². The summed E-state index contributed by atoms with van der Waals surface area (Å²) in [6.07, 6.45) is 6.32. The second-order valence-corrected chi connectivity index (χ2v) is 5.36. The fourth-order valence-corrected chi connectivity index (χ4v) is 2.91. The summed E-state index contributed by atoms with van der Waals surface area (Å²) >= 11 is 0. The number of nitrogens with one attached hydrogen (secondary N) is 2. The quantitative estimate of drug-likeness (QED) is 0.772. The van der Waals surface area contributed by atoms with Gasteiger partial charge < -0.3 is 15.4 Å². The van der Waals surface area contributed by atoms with E-state index in [9.17, 15) is 4.79 Å². The lowest BCUT2D eigenvalue weighted by atomic mass is 9.83. The van der Waals surface area contributed by atoms with Crippen LogP contribution >= 0.6 is 0 Å². The van der Waals surface area contributed by atoms with Crippen LogP contribution < -0.4 is 10.6 Å². The van der Waals surface area contributed by atoms with E-state index in [0.717, 1.165) is 13.1 Å². The average molecular weight is 240 g/mol. The van der Waals surface area contributed by atoms with E-state index in [1.54, 1.807) is 0 Å². The third-order valence-corrected chi connectivity index (χ3v) is 4.29. The topological polar surface area (TPSA) is 50.4 Å². The minimum Gasteiger partial charge on any atom is -0.378 e. The zero-order chi connectivity index (χ0) is 12.1. The number of ether oxygens (including phenoxy) is 1. The predicted molar refractivity (Wildman–Crippen MR) is 66.8 cm³/mol. The second kappa shape index (κ2) is 5.83. The van der Waals surface area contributed by atoms with Gasteiger partial charge in [0.2, 0.25) is 5.91 Å². The zero-order valence-electron chi connectivity index (χ0n) is 10.8. The molecule has 2 aliphatic rings. The minimum absolute atomic E-state index is 0.101. The maximum Gasteiger partial charge on any atom is 0.239 e. The molecular weight excluding hydrogens is 216 g/mol. The van der Waals surface area contributed by atoms with Crippen molar-refractivity contribution in [2.24, 2.45) is 5.41 Å². The Morgan fingerprint density at radius 1 is 1.47 bits per heavy atom. The van der Waals surface area contributed by atoms with E-state index >= 15 is 0 Å². The molecule has 0 bridgehead atoms. The first-order chi connectivity index (χ1) is 8.26. The number of rotatable bonds is 4. The first-order valence-corrected chi connectivity index (χ1v) is 6.85. The van der Waals surface area contributed by atoms with Gasteiger partial charge in [0.15, 0.2) is 0 Å². The number of hydrogen-bond donors (Lipinski definition) is 2. The van der Waals surface area contributed by atoms with Crippen molar-refractivity contribution in [2.75, 3.05) is 26.3 Å². The van der Waals surface area contributed by atoms with Crippen molar-refractivity contribution < 1.29 is 9.53 Å². The van der Waals surface area contributed by atoms with Gasteiger partial charge in [0.25, 0.3) is 0 Å². The van der Waals surface area contributed by atoms with Gasteiger partial charge in [-0.1, -0.05) is 19.8 Å². The van der Waals surface area contributed by atoms with E-state index in [-0.39, 0.29) is 11.9 Å². The Morgan fingerprint density at radius 2 is 2.24 bits per heavy atom. The fourth-order valence-electron chi connectivity index (χ4n) is 2.91. The fraction of sp³-hybridized carbons (Fsp3) is 0.923. The Morgan fingerprint density at radius 3 is 2.82 bits per heavy atom. The lowest BCUT2D eigenvalue weighted by Gasteiger charge is -2.29. The molecule has 98 valence electrons. The molecule has 1 aliphatic heterocycles. The molecule has 2 fully saturated rings. The Kier molecular flexibility index (Phi) is 4.40. The van der Waals surface area contributed by atoms with Crippen LogP contribution in [0.1, 0.15) is 39.0 Å². The average Bonchev–Trinajstić information content (AvgIpc) is 2.86. The van der Waals surface area contributed by atoms with Gasteiger partial charge in [0.05, 0.1) is 13.2 Å². The van der Waals surface area contributed by atoms with Crippen LogP contribution in [0.15, 0.2) is 0 Å². The largest absolute Gasteiger partial charge is 0.378 e. The molecule has 4 nitrogen and oxygen atoms in total. The summed E-state index contributed by atoms with van der Waals surface area (Å²) in [7, 11) is 0. The van der Waals surface area contributed by atoms with Crippen LogP contribution in [0.25, 0.3) is 0 Å². The molecule has 0 aromatic rings. The van der Waals surface area contributed by atoms with Crippen molar-refractivity contribution >= 4 is 5.91 Å². The summed E-state index contributed by atoms with van der Waals surface area (Å²) in [5.41, 5.74) is 0.366. The van der Waals surface area contributed by atoms with E-state index in [1.807, 2.05) is 0 Å². The molecule has 2 N–H and O–H groups in total. The SMILES string of the molecule is CCC1(CNC(=O)C2COCCN2)CCCC1. The van der Waals surface area contributed by atoms with Crippen LogP contribution in [0.5, 0.6) is 0 Å². The van der Waals surface area contributed by atoms with Crippen molar-refractivity contribution in [2.45, 2.75) is 45.1 Å². The molecular formula is C13H24N2O2. The zero-order valence-corrected chi connectivity index (χ0v) is 10.8. The maximum absolute atomic E-state index is 12.0. The molecule has 0 radical (unpaired) electrons. The van der Waals surface area contributed by atoms with Crippen LogP contribution in [-0.2, 0) is 9.53 Å². The number of morpholine rings is 1. The minimum atomic E-state index is -0.154. The highest BCUT2D eigenvalue weighted by Crippen LogP contribution is 2.40. The van der Waals surface area contributed by atoms with E-state index < -0.39 is 0 Å². The third kappa shape index (κ3) is 3.19. The number of amides is 1. The van der Waals surface area contributed by atoms with Gasteiger partial charge in [0.1, 0.15) is 6.04 Å². The summed E-state index contributed by atoms with van der Waals surface area (Å²) in [4.78, 5) is 12.0.